The Morgan fingerprint density at radius 1 is 1.41 bits per heavy atom. The molecule has 2 unspecified atom stereocenters. The zero-order valence-electron chi connectivity index (χ0n) is 9.72. The molecule has 17 heavy (non-hydrogen) atoms. The molecule has 92 valence electrons. The van der Waals surface area contributed by atoms with Gasteiger partial charge in [-0.05, 0) is 29.9 Å². The molecule has 0 amide bonds. The molecule has 1 aromatic carbocycles. The summed E-state index contributed by atoms with van der Waals surface area (Å²) in [7, 11) is 0. The van der Waals surface area contributed by atoms with E-state index in [1.54, 1.807) is 23.9 Å². The van der Waals surface area contributed by atoms with Crippen molar-refractivity contribution < 1.29 is 4.92 Å². The summed E-state index contributed by atoms with van der Waals surface area (Å²) in [5.74, 6) is 3.13. The van der Waals surface area contributed by atoms with Crippen molar-refractivity contribution >= 4 is 29.1 Å². The lowest BCUT2D eigenvalue weighted by atomic mass is 10.3. The number of nitro benzene ring substituents is 1. The van der Waals surface area contributed by atoms with Gasteiger partial charge in [0.2, 0.25) is 0 Å². The average Bonchev–Trinajstić information content (AvgIpc) is 2.85. The Bertz CT molecular complexity index is 444. The van der Waals surface area contributed by atoms with Crippen molar-refractivity contribution in [1.82, 2.24) is 0 Å². The van der Waals surface area contributed by atoms with E-state index in [2.05, 4.69) is 13.8 Å². The van der Waals surface area contributed by atoms with Crippen LogP contribution in [0.15, 0.2) is 23.1 Å². The van der Waals surface area contributed by atoms with Gasteiger partial charge in [-0.3, -0.25) is 10.1 Å². The van der Waals surface area contributed by atoms with E-state index >= 15 is 0 Å². The highest BCUT2D eigenvalue weighted by molar-refractivity contribution is 7.99. The van der Waals surface area contributed by atoms with E-state index in [-0.39, 0.29) is 10.6 Å². The quantitative estimate of drug-likeness (QED) is 0.467. The van der Waals surface area contributed by atoms with Gasteiger partial charge in [-0.15, -0.1) is 11.8 Å². The minimum absolute atomic E-state index is 0.114. The number of thioether (sulfide) groups is 1. The molecule has 0 aliphatic heterocycles. The molecule has 0 bridgehead atoms. The van der Waals surface area contributed by atoms with Crippen LogP contribution in [0.1, 0.15) is 13.8 Å². The fourth-order valence-corrected chi connectivity index (χ4v) is 3.60. The summed E-state index contributed by atoms with van der Waals surface area (Å²) in [6.07, 6.45) is 0. The first-order valence-electron chi connectivity index (χ1n) is 5.57. The molecule has 0 radical (unpaired) electrons. The van der Waals surface area contributed by atoms with Gasteiger partial charge in [0.05, 0.1) is 9.82 Å². The molecule has 1 fully saturated rings. The van der Waals surface area contributed by atoms with Crippen molar-refractivity contribution in [3.05, 3.63) is 33.3 Å². The molecule has 0 N–H and O–H groups in total. The zero-order chi connectivity index (χ0) is 12.6. The van der Waals surface area contributed by atoms with Crippen molar-refractivity contribution in [3.8, 4) is 0 Å². The molecule has 3 nitrogen and oxygen atoms in total. The molecule has 1 aliphatic carbocycles. The van der Waals surface area contributed by atoms with Crippen LogP contribution < -0.4 is 0 Å². The van der Waals surface area contributed by atoms with Gasteiger partial charge in [-0.2, -0.15) is 0 Å². The molecule has 0 spiro atoms. The van der Waals surface area contributed by atoms with Gasteiger partial charge in [0.15, 0.2) is 0 Å². The Hall–Kier alpha value is -0.740. The summed E-state index contributed by atoms with van der Waals surface area (Å²) in [6, 6.07) is 4.86. The lowest BCUT2D eigenvalue weighted by Gasteiger charge is -2.02. The number of rotatable bonds is 4. The van der Waals surface area contributed by atoms with Crippen LogP contribution in [0.4, 0.5) is 5.69 Å². The second-order valence-electron chi connectivity index (χ2n) is 4.56. The van der Waals surface area contributed by atoms with E-state index < -0.39 is 0 Å². The van der Waals surface area contributed by atoms with Crippen LogP contribution in [0.3, 0.4) is 0 Å². The number of hydrogen-bond acceptors (Lipinski definition) is 3. The summed E-state index contributed by atoms with van der Waals surface area (Å²) in [5, 5.41) is 11.3. The second-order valence-corrected chi connectivity index (χ2v) is 6.06. The fourth-order valence-electron chi connectivity index (χ4n) is 2.01. The van der Waals surface area contributed by atoms with Gasteiger partial charge in [-0.1, -0.05) is 25.4 Å². The number of nitro groups is 1. The number of benzene rings is 1. The Kier molecular flexibility index (Phi) is 3.64. The van der Waals surface area contributed by atoms with Crippen molar-refractivity contribution in [2.75, 3.05) is 5.75 Å². The molecule has 1 saturated carbocycles. The minimum atomic E-state index is -0.367. The molecule has 2 rings (SSSR count). The van der Waals surface area contributed by atoms with Gasteiger partial charge in [0, 0.05) is 16.8 Å². The number of halogens is 1. The molecule has 5 heteroatoms. The van der Waals surface area contributed by atoms with Gasteiger partial charge in [0.1, 0.15) is 0 Å². The molecule has 0 heterocycles. The van der Waals surface area contributed by atoms with Gasteiger partial charge < -0.3 is 0 Å². The molecule has 1 aliphatic rings. The molecule has 0 saturated heterocycles. The van der Waals surface area contributed by atoms with Crippen LogP contribution in [0.25, 0.3) is 0 Å². The summed E-state index contributed by atoms with van der Waals surface area (Å²) < 4.78 is 0. The Labute approximate surface area is 110 Å². The second kappa shape index (κ2) is 4.86. The van der Waals surface area contributed by atoms with Gasteiger partial charge in [0.25, 0.3) is 5.69 Å². The third-order valence-electron chi connectivity index (χ3n) is 3.59. The molecular formula is C12H14ClNO2S. The monoisotopic (exact) mass is 271 g/mol. The first-order chi connectivity index (χ1) is 8.00. The standard InChI is InChI=1S/C12H14ClNO2S/c1-7-8(2)10(7)6-17-12-4-3-9(13)5-11(12)14(15)16/h3-5,7-8,10H,6H2,1-2H3. The van der Waals surface area contributed by atoms with Crippen molar-refractivity contribution in [2.24, 2.45) is 17.8 Å². The maximum absolute atomic E-state index is 10.9. The predicted molar refractivity (Wildman–Crippen MR) is 70.6 cm³/mol. The number of nitrogens with zero attached hydrogens (tertiary/aromatic N) is 1. The van der Waals surface area contributed by atoms with E-state index in [1.807, 2.05) is 0 Å². The van der Waals surface area contributed by atoms with Crippen LogP contribution in [-0.2, 0) is 0 Å². The van der Waals surface area contributed by atoms with E-state index in [1.165, 1.54) is 6.07 Å². The van der Waals surface area contributed by atoms with Gasteiger partial charge in [-0.25, -0.2) is 0 Å². The normalized spacial score (nSPS) is 26.9. The third kappa shape index (κ3) is 2.75. The van der Waals surface area contributed by atoms with Crippen LogP contribution in [0.5, 0.6) is 0 Å². The van der Waals surface area contributed by atoms with E-state index in [0.29, 0.717) is 15.8 Å². The summed E-state index contributed by atoms with van der Waals surface area (Å²) in [6.45, 7) is 4.46. The van der Waals surface area contributed by atoms with E-state index in [9.17, 15) is 10.1 Å². The predicted octanol–water partition coefficient (Wildman–Crippen LogP) is 4.24. The summed E-state index contributed by atoms with van der Waals surface area (Å²) >= 11 is 7.33. The highest BCUT2D eigenvalue weighted by atomic mass is 35.5. The Balaban J connectivity index is 2.07. The van der Waals surface area contributed by atoms with Crippen LogP contribution in [0, 0.1) is 27.9 Å². The smallest absolute Gasteiger partial charge is 0.258 e. The molecule has 1 aromatic rings. The van der Waals surface area contributed by atoms with E-state index in [0.717, 1.165) is 17.6 Å². The van der Waals surface area contributed by atoms with Crippen molar-refractivity contribution in [3.63, 3.8) is 0 Å². The zero-order valence-corrected chi connectivity index (χ0v) is 11.3. The largest absolute Gasteiger partial charge is 0.284 e. The van der Waals surface area contributed by atoms with Gasteiger partial charge >= 0.3 is 0 Å². The highest BCUT2D eigenvalue weighted by Crippen LogP contribution is 2.48. The van der Waals surface area contributed by atoms with Crippen LogP contribution in [-0.4, -0.2) is 10.7 Å². The highest BCUT2D eigenvalue weighted by Gasteiger charge is 2.42. The van der Waals surface area contributed by atoms with Crippen LogP contribution in [0.2, 0.25) is 5.02 Å². The SMILES string of the molecule is CC1C(C)C1CSc1ccc(Cl)cc1[N+](=O)[O-]. The summed E-state index contributed by atoms with van der Waals surface area (Å²) in [4.78, 5) is 11.2. The molecule has 2 atom stereocenters. The minimum Gasteiger partial charge on any atom is -0.258 e. The topological polar surface area (TPSA) is 43.1 Å². The van der Waals surface area contributed by atoms with E-state index in [4.69, 9.17) is 11.6 Å². The summed E-state index contributed by atoms with van der Waals surface area (Å²) in [5.41, 5.74) is 0.114. The molecular weight excluding hydrogens is 258 g/mol. The Morgan fingerprint density at radius 2 is 2.06 bits per heavy atom. The molecule has 0 aromatic heterocycles. The maximum atomic E-state index is 10.9. The van der Waals surface area contributed by atoms with Crippen molar-refractivity contribution in [2.45, 2.75) is 18.7 Å². The Morgan fingerprint density at radius 3 is 2.59 bits per heavy atom. The van der Waals surface area contributed by atoms with Crippen LogP contribution >= 0.6 is 23.4 Å². The lowest BCUT2D eigenvalue weighted by Crippen LogP contribution is -1.92. The third-order valence-corrected chi connectivity index (χ3v) is 5.03. The number of hydrogen-bond donors (Lipinski definition) is 0. The maximum Gasteiger partial charge on any atom is 0.284 e. The lowest BCUT2D eigenvalue weighted by molar-refractivity contribution is -0.387. The first kappa shape index (κ1) is 12.7. The fraction of sp³-hybridized carbons (Fsp3) is 0.500. The first-order valence-corrected chi connectivity index (χ1v) is 6.94. The van der Waals surface area contributed by atoms with Crippen molar-refractivity contribution in [1.29, 1.82) is 0 Å². The average molecular weight is 272 g/mol.